The summed E-state index contributed by atoms with van der Waals surface area (Å²) in [6.45, 7) is 0.391. The summed E-state index contributed by atoms with van der Waals surface area (Å²) in [6, 6.07) is 17.4. The molecule has 164 valence electrons. The van der Waals surface area contributed by atoms with Gasteiger partial charge in [0.15, 0.2) is 11.5 Å². The van der Waals surface area contributed by atoms with Crippen molar-refractivity contribution < 1.29 is 23.8 Å². The Balaban J connectivity index is 1.47. The Kier molecular flexibility index (Phi) is 6.90. The number of thioether (sulfide) groups is 1. The molecule has 0 radical (unpaired) electrons. The van der Waals surface area contributed by atoms with Crippen LogP contribution in [0.1, 0.15) is 5.56 Å². The van der Waals surface area contributed by atoms with E-state index in [0.717, 1.165) is 37.4 Å². The quantitative estimate of drug-likeness (QED) is 0.278. The highest BCUT2D eigenvalue weighted by atomic mass is 127. The summed E-state index contributed by atoms with van der Waals surface area (Å²) < 4.78 is 17.5. The number of hydrogen-bond acceptors (Lipinski definition) is 6. The molecule has 0 spiro atoms. The molecular formula is C24H20INO5S. The molecule has 3 aromatic rings. The molecule has 0 unspecified atom stereocenters. The number of benzene rings is 3. The normalized spacial score (nSPS) is 15.0. The number of fused-ring (bicyclic) bond motifs is 1. The molecule has 6 nitrogen and oxygen atoms in total. The van der Waals surface area contributed by atoms with Gasteiger partial charge in [-0.3, -0.25) is 14.5 Å². The molecule has 0 atom stereocenters. The Morgan fingerprint density at radius 2 is 1.78 bits per heavy atom. The van der Waals surface area contributed by atoms with Crippen molar-refractivity contribution in [3.8, 4) is 17.2 Å². The third-order valence-corrected chi connectivity index (χ3v) is 6.66. The predicted octanol–water partition coefficient (Wildman–Crippen LogP) is 5.58. The molecular weight excluding hydrogens is 541 g/mol. The van der Waals surface area contributed by atoms with Gasteiger partial charge in [0.25, 0.3) is 11.1 Å². The average Bonchev–Trinajstić information content (AvgIpc) is 3.06. The van der Waals surface area contributed by atoms with E-state index in [1.807, 2.05) is 48.5 Å². The SMILES string of the molecule is COc1cc(/C=C2\SC(=O)N(CCOc3cccc4ccccc34)C2=O)cc(I)c1OC. The van der Waals surface area contributed by atoms with Crippen LogP contribution in [-0.2, 0) is 4.79 Å². The van der Waals surface area contributed by atoms with Gasteiger partial charge in [-0.15, -0.1) is 0 Å². The zero-order chi connectivity index (χ0) is 22.7. The largest absolute Gasteiger partial charge is 0.493 e. The lowest BCUT2D eigenvalue weighted by Crippen LogP contribution is -2.32. The molecule has 8 heteroatoms. The number of rotatable bonds is 7. The van der Waals surface area contributed by atoms with Crippen molar-refractivity contribution in [2.45, 2.75) is 0 Å². The standard InChI is InChI=1S/C24H20INO5S/c1-29-20-13-15(12-18(25)22(20)30-2)14-21-23(27)26(24(28)32-21)10-11-31-19-9-5-7-16-6-3-4-8-17(16)19/h3-9,12-14H,10-11H2,1-2H3/b21-14-. The smallest absolute Gasteiger partial charge is 0.293 e. The minimum absolute atomic E-state index is 0.175. The van der Waals surface area contributed by atoms with Gasteiger partial charge in [0.05, 0.1) is 29.2 Å². The summed E-state index contributed by atoms with van der Waals surface area (Å²) in [5.74, 6) is 1.59. The second-order valence-electron chi connectivity index (χ2n) is 6.90. The van der Waals surface area contributed by atoms with Crippen molar-refractivity contribution >= 4 is 62.3 Å². The minimum Gasteiger partial charge on any atom is -0.493 e. The number of ether oxygens (including phenoxy) is 3. The number of imide groups is 1. The van der Waals surface area contributed by atoms with Gasteiger partial charge < -0.3 is 14.2 Å². The number of halogens is 1. The summed E-state index contributed by atoms with van der Waals surface area (Å²) in [6.07, 6.45) is 1.70. The molecule has 32 heavy (non-hydrogen) atoms. The van der Waals surface area contributed by atoms with E-state index in [2.05, 4.69) is 22.6 Å². The van der Waals surface area contributed by atoms with E-state index >= 15 is 0 Å². The zero-order valence-corrected chi connectivity index (χ0v) is 20.4. The van der Waals surface area contributed by atoms with E-state index in [0.29, 0.717) is 16.4 Å². The number of nitrogens with zero attached hydrogens (tertiary/aromatic N) is 1. The molecule has 1 heterocycles. The number of amides is 2. The van der Waals surface area contributed by atoms with E-state index in [4.69, 9.17) is 14.2 Å². The first-order valence-corrected chi connectivity index (χ1v) is 11.7. The average molecular weight is 561 g/mol. The van der Waals surface area contributed by atoms with Crippen LogP contribution in [0.3, 0.4) is 0 Å². The Hall–Kier alpha value is -2.72. The monoisotopic (exact) mass is 561 g/mol. The van der Waals surface area contributed by atoms with Crippen molar-refractivity contribution in [2.24, 2.45) is 0 Å². The molecule has 3 aromatic carbocycles. The highest BCUT2D eigenvalue weighted by Crippen LogP contribution is 2.37. The van der Waals surface area contributed by atoms with E-state index in [9.17, 15) is 9.59 Å². The van der Waals surface area contributed by atoms with Crippen molar-refractivity contribution in [1.82, 2.24) is 4.90 Å². The molecule has 0 bridgehead atoms. The highest BCUT2D eigenvalue weighted by molar-refractivity contribution is 14.1. The zero-order valence-electron chi connectivity index (χ0n) is 17.5. The second kappa shape index (κ2) is 9.83. The first-order chi connectivity index (χ1) is 15.5. The van der Waals surface area contributed by atoms with Gasteiger partial charge in [-0.25, -0.2) is 0 Å². The van der Waals surface area contributed by atoms with Gasteiger partial charge in [0.2, 0.25) is 0 Å². The molecule has 0 aromatic heterocycles. The minimum atomic E-state index is -0.327. The Labute approximate surface area is 203 Å². The number of hydrogen-bond donors (Lipinski definition) is 0. The molecule has 1 aliphatic rings. The number of carbonyl (C=O) groups is 2. The molecule has 0 N–H and O–H groups in total. The second-order valence-corrected chi connectivity index (χ2v) is 9.05. The topological polar surface area (TPSA) is 65.1 Å². The first kappa shape index (κ1) is 22.5. The maximum Gasteiger partial charge on any atom is 0.293 e. The predicted molar refractivity (Wildman–Crippen MR) is 134 cm³/mol. The van der Waals surface area contributed by atoms with Gasteiger partial charge in [-0.1, -0.05) is 36.4 Å². The summed E-state index contributed by atoms with van der Waals surface area (Å²) in [5.41, 5.74) is 0.754. The summed E-state index contributed by atoms with van der Waals surface area (Å²) in [7, 11) is 3.13. The van der Waals surface area contributed by atoms with E-state index in [-0.39, 0.29) is 24.3 Å². The van der Waals surface area contributed by atoms with Gasteiger partial charge in [-0.2, -0.15) is 0 Å². The molecule has 1 saturated heterocycles. The van der Waals surface area contributed by atoms with Crippen LogP contribution in [0.2, 0.25) is 0 Å². The van der Waals surface area contributed by atoms with Gasteiger partial charge in [0.1, 0.15) is 12.4 Å². The van der Waals surface area contributed by atoms with E-state index in [1.54, 1.807) is 26.4 Å². The van der Waals surface area contributed by atoms with Crippen molar-refractivity contribution in [2.75, 3.05) is 27.4 Å². The number of carbonyl (C=O) groups excluding carboxylic acids is 2. The van der Waals surface area contributed by atoms with Gasteiger partial charge >= 0.3 is 0 Å². The fourth-order valence-electron chi connectivity index (χ4n) is 3.43. The third-order valence-electron chi connectivity index (χ3n) is 4.95. The Morgan fingerprint density at radius 3 is 2.56 bits per heavy atom. The van der Waals surface area contributed by atoms with Crippen LogP contribution in [0.15, 0.2) is 59.5 Å². The number of methoxy groups -OCH3 is 2. The lowest BCUT2D eigenvalue weighted by atomic mass is 10.1. The van der Waals surface area contributed by atoms with Crippen LogP contribution < -0.4 is 14.2 Å². The van der Waals surface area contributed by atoms with Crippen LogP contribution in [0, 0.1) is 3.57 Å². The summed E-state index contributed by atoms with van der Waals surface area (Å²) in [5, 5.41) is 1.76. The molecule has 2 amide bonds. The van der Waals surface area contributed by atoms with Crippen molar-refractivity contribution in [3.63, 3.8) is 0 Å². The summed E-state index contributed by atoms with van der Waals surface area (Å²) in [4.78, 5) is 26.9. The van der Waals surface area contributed by atoms with E-state index < -0.39 is 0 Å². The Morgan fingerprint density at radius 1 is 1.00 bits per heavy atom. The molecule has 0 aliphatic carbocycles. The Bertz CT molecular complexity index is 1220. The molecule has 4 rings (SSSR count). The van der Waals surface area contributed by atoms with Crippen LogP contribution >= 0.6 is 34.4 Å². The summed E-state index contributed by atoms with van der Waals surface area (Å²) >= 11 is 3.07. The maximum absolute atomic E-state index is 12.8. The fraction of sp³-hybridized carbons (Fsp3) is 0.167. The third kappa shape index (κ3) is 4.56. The molecule has 0 saturated carbocycles. The van der Waals surface area contributed by atoms with Crippen LogP contribution in [0.4, 0.5) is 4.79 Å². The van der Waals surface area contributed by atoms with Crippen molar-refractivity contribution in [3.05, 3.63) is 68.6 Å². The molecule has 1 aliphatic heterocycles. The van der Waals surface area contributed by atoms with Crippen LogP contribution in [-0.4, -0.2) is 43.4 Å². The lowest BCUT2D eigenvalue weighted by Gasteiger charge is -2.14. The van der Waals surface area contributed by atoms with Gasteiger partial charge in [0, 0.05) is 5.39 Å². The maximum atomic E-state index is 12.8. The lowest BCUT2D eigenvalue weighted by molar-refractivity contribution is -0.123. The van der Waals surface area contributed by atoms with E-state index in [1.165, 1.54) is 4.90 Å². The highest BCUT2D eigenvalue weighted by Gasteiger charge is 2.35. The van der Waals surface area contributed by atoms with Crippen LogP contribution in [0.5, 0.6) is 17.2 Å². The fourth-order valence-corrected chi connectivity index (χ4v) is 5.14. The molecule has 1 fully saturated rings. The first-order valence-electron chi connectivity index (χ1n) is 9.79. The van der Waals surface area contributed by atoms with Crippen LogP contribution in [0.25, 0.3) is 16.8 Å². The van der Waals surface area contributed by atoms with Gasteiger partial charge in [-0.05, 0) is 69.6 Å². The van der Waals surface area contributed by atoms with Crippen molar-refractivity contribution in [1.29, 1.82) is 0 Å².